The zero-order valence-electron chi connectivity index (χ0n) is 16.9. The van der Waals surface area contributed by atoms with E-state index in [0.717, 1.165) is 12.1 Å². The van der Waals surface area contributed by atoms with E-state index >= 15 is 0 Å². The van der Waals surface area contributed by atoms with Crippen molar-refractivity contribution in [2.75, 3.05) is 24.6 Å². The number of rotatable bonds is 7. The smallest absolute Gasteiger partial charge is 0.414 e. The molecule has 154 valence electrons. The highest BCUT2D eigenvalue weighted by molar-refractivity contribution is 7.11. The quantitative estimate of drug-likeness (QED) is 0.546. The van der Waals surface area contributed by atoms with Gasteiger partial charge in [-0.15, -0.1) is 11.3 Å². The SMILES string of the molecule is Cc1ccc(CN(CCc2ccccc2)C(=O)c2ccc(N3CCOC3=O)cc2)s1. The number of carbonyl (C=O) groups is 2. The normalized spacial score (nSPS) is 13.4. The summed E-state index contributed by atoms with van der Waals surface area (Å²) >= 11 is 1.72. The number of anilines is 1. The molecule has 0 bridgehead atoms. The maximum absolute atomic E-state index is 13.3. The van der Waals surface area contributed by atoms with E-state index in [9.17, 15) is 9.59 Å². The molecule has 2 heterocycles. The summed E-state index contributed by atoms with van der Waals surface area (Å²) < 4.78 is 4.99. The second-order valence-electron chi connectivity index (χ2n) is 7.29. The van der Waals surface area contributed by atoms with Crippen molar-refractivity contribution in [1.29, 1.82) is 0 Å². The maximum atomic E-state index is 13.3. The molecule has 0 aliphatic carbocycles. The van der Waals surface area contributed by atoms with Crippen LogP contribution in [0.3, 0.4) is 0 Å². The van der Waals surface area contributed by atoms with Crippen LogP contribution in [0.4, 0.5) is 10.5 Å². The summed E-state index contributed by atoms with van der Waals surface area (Å²) in [6.45, 7) is 4.23. The first-order valence-electron chi connectivity index (χ1n) is 10.0. The highest BCUT2D eigenvalue weighted by Gasteiger charge is 2.24. The first-order valence-corrected chi connectivity index (χ1v) is 10.8. The molecule has 0 atom stereocenters. The van der Waals surface area contributed by atoms with Crippen molar-refractivity contribution in [1.82, 2.24) is 4.90 Å². The molecule has 0 spiro atoms. The molecule has 1 saturated heterocycles. The maximum Gasteiger partial charge on any atom is 0.414 e. The summed E-state index contributed by atoms with van der Waals surface area (Å²) in [4.78, 5) is 30.9. The Morgan fingerprint density at radius 2 is 1.83 bits per heavy atom. The molecule has 2 amide bonds. The molecular weight excluding hydrogens is 396 g/mol. The number of hydrogen-bond acceptors (Lipinski definition) is 4. The largest absolute Gasteiger partial charge is 0.447 e. The van der Waals surface area contributed by atoms with Gasteiger partial charge in [0, 0.05) is 27.5 Å². The average molecular weight is 421 g/mol. The Morgan fingerprint density at radius 3 is 2.47 bits per heavy atom. The van der Waals surface area contributed by atoms with Crippen LogP contribution in [0.15, 0.2) is 66.7 Å². The summed E-state index contributed by atoms with van der Waals surface area (Å²) in [5.41, 5.74) is 2.58. The first-order chi connectivity index (χ1) is 14.6. The predicted molar refractivity (Wildman–Crippen MR) is 119 cm³/mol. The first kappa shape index (κ1) is 20.2. The third-order valence-corrected chi connectivity index (χ3v) is 6.12. The van der Waals surface area contributed by atoms with Crippen molar-refractivity contribution >= 4 is 29.0 Å². The molecule has 1 aliphatic heterocycles. The van der Waals surface area contributed by atoms with Gasteiger partial charge in [0.05, 0.1) is 13.1 Å². The van der Waals surface area contributed by atoms with E-state index in [1.165, 1.54) is 15.3 Å². The molecule has 3 aromatic rings. The van der Waals surface area contributed by atoms with E-state index in [4.69, 9.17) is 4.74 Å². The molecule has 0 N–H and O–H groups in total. The molecule has 6 heteroatoms. The summed E-state index contributed by atoms with van der Waals surface area (Å²) in [5.74, 6) is -0.00691. The van der Waals surface area contributed by atoms with Crippen molar-refractivity contribution in [3.05, 3.63) is 87.6 Å². The molecule has 0 unspecified atom stereocenters. The van der Waals surface area contributed by atoms with E-state index in [2.05, 4.69) is 31.2 Å². The van der Waals surface area contributed by atoms with Gasteiger partial charge in [0.15, 0.2) is 0 Å². The van der Waals surface area contributed by atoms with Gasteiger partial charge in [0.25, 0.3) is 5.91 Å². The lowest BCUT2D eigenvalue weighted by Crippen LogP contribution is -2.32. The zero-order chi connectivity index (χ0) is 20.9. The topological polar surface area (TPSA) is 49.9 Å². The number of nitrogens with zero attached hydrogens (tertiary/aromatic N) is 2. The second-order valence-corrected chi connectivity index (χ2v) is 8.66. The third kappa shape index (κ3) is 4.71. The van der Waals surface area contributed by atoms with E-state index in [-0.39, 0.29) is 12.0 Å². The summed E-state index contributed by atoms with van der Waals surface area (Å²) in [6, 6.07) is 21.6. The minimum absolute atomic E-state index is 0.00691. The number of hydrogen-bond donors (Lipinski definition) is 0. The van der Waals surface area contributed by atoms with Crippen LogP contribution in [0.25, 0.3) is 0 Å². The van der Waals surface area contributed by atoms with E-state index < -0.39 is 0 Å². The Kier molecular flexibility index (Phi) is 6.14. The number of carbonyl (C=O) groups excluding carboxylic acids is 2. The van der Waals surface area contributed by atoms with Crippen LogP contribution in [0, 0.1) is 6.92 Å². The molecule has 1 fully saturated rings. The Balaban J connectivity index is 1.51. The number of amides is 2. The Morgan fingerprint density at radius 1 is 1.07 bits per heavy atom. The minimum Gasteiger partial charge on any atom is -0.447 e. The number of aryl methyl sites for hydroxylation is 1. The van der Waals surface area contributed by atoms with Crippen LogP contribution in [-0.2, 0) is 17.7 Å². The van der Waals surface area contributed by atoms with Gasteiger partial charge in [0.2, 0.25) is 0 Å². The monoisotopic (exact) mass is 420 g/mol. The van der Waals surface area contributed by atoms with Crippen LogP contribution < -0.4 is 4.90 Å². The van der Waals surface area contributed by atoms with E-state index in [1.807, 2.05) is 35.2 Å². The van der Waals surface area contributed by atoms with Gasteiger partial charge in [-0.1, -0.05) is 30.3 Å². The van der Waals surface area contributed by atoms with Crippen LogP contribution in [0.1, 0.15) is 25.7 Å². The van der Waals surface area contributed by atoms with Crippen molar-refractivity contribution in [3.63, 3.8) is 0 Å². The minimum atomic E-state index is -0.341. The second kappa shape index (κ2) is 9.13. The van der Waals surface area contributed by atoms with Gasteiger partial charge >= 0.3 is 6.09 Å². The highest BCUT2D eigenvalue weighted by atomic mass is 32.1. The van der Waals surface area contributed by atoms with Crippen molar-refractivity contribution in [3.8, 4) is 0 Å². The summed E-state index contributed by atoms with van der Waals surface area (Å²) in [5, 5.41) is 0. The van der Waals surface area contributed by atoms with Gasteiger partial charge in [0.1, 0.15) is 6.61 Å². The van der Waals surface area contributed by atoms with Gasteiger partial charge in [-0.2, -0.15) is 0 Å². The fourth-order valence-corrected chi connectivity index (χ4v) is 4.42. The zero-order valence-corrected chi connectivity index (χ0v) is 17.7. The van der Waals surface area contributed by atoms with Gasteiger partial charge in [-0.3, -0.25) is 9.69 Å². The molecule has 0 saturated carbocycles. The van der Waals surface area contributed by atoms with Crippen LogP contribution in [0.2, 0.25) is 0 Å². The molecule has 5 nitrogen and oxygen atoms in total. The molecule has 1 aliphatic rings. The van der Waals surface area contributed by atoms with Crippen molar-refractivity contribution in [2.24, 2.45) is 0 Å². The van der Waals surface area contributed by atoms with Crippen LogP contribution in [0.5, 0.6) is 0 Å². The lowest BCUT2D eigenvalue weighted by molar-refractivity contribution is 0.0746. The predicted octanol–water partition coefficient (Wildman–Crippen LogP) is 4.90. The van der Waals surface area contributed by atoms with Crippen molar-refractivity contribution < 1.29 is 14.3 Å². The number of thiophene rings is 1. The Bertz CT molecular complexity index is 1010. The Hall–Kier alpha value is -3.12. The molecule has 0 radical (unpaired) electrons. The van der Waals surface area contributed by atoms with Crippen LogP contribution >= 0.6 is 11.3 Å². The van der Waals surface area contributed by atoms with E-state index in [0.29, 0.717) is 31.8 Å². The van der Waals surface area contributed by atoms with Gasteiger partial charge < -0.3 is 9.64 Å². The summed E-state index contributed by atoms with van der Waals surface area (Å²) in [6.07, 6.45) is 0.459. The standard InChI is InChI=1S/C24H24N2O3S/c1-18-7-12-22(30-18)17-25(14-13-19-5-3-2-4-6-19)23(27)20-8-10-21(11-9-20)26-15-16-29-24(26)28/h2-12H,13-17H2,1H3. The lowest BCUT2D eigenvalue weighted by atomic mass is 10.1. The fourth-order valence-electron chi connectivity index (χ4n) is 3.51. The Labute approximate surface area is 180 Å². The summed E-state index contributed by atoms with van der Waals surface area (Å²) in [7, 11) is 0. The number of cyclic esters (lactones) is 1. The molecule has 2 aromatic carbocycles. The number of ether oxygens (including phenoxy) is 1. The fraction of sp³-hybridized carbons (Fsp3) is 0.250. The molecule has 30 heavy (non-hydrogen) atoms. The molecule has 1 aromatic heterocycles. The third-order valence-electron chi connectivity index (χ3n) is 5.13. The van der Waals surface area contributed by atoms with E-state index in [1.54, 1.807) is 28.4 Å². The highest BCUT2D eigenvalue weighted by Crippen LogP contribution is 2.22. The van der Waals surface area contributed by atoms with Crippen LogP contribution in [-0.4, -0.2) is 36.6 Å². The van der Waals surface area contributed by atoms with Gasteiger partial charge in [-0.05, 0) is 55.3 Å². The van der Waals surface area contributed by atoms with Gasteiger partial charge in [-0.25, -0.2) is 4.79 Å². The van der Waals surface area contributed by atoms with Crippen molar-refractivity contribution in [2.45, 2.75) is 19.9 Å². The number of benzene rings is 2. The molecular formula is C24H24N2O3S. The lowest BCUT2D eigenvalue weighted by Gasteiger charge is -2.23. The molecule has 4 rings (SSSR count). The average Bonchev–Trinajstić information content (AvgIpc) is 3.39.